The predicted molar refractivity (Wildman–Crippen MR) is 92.5 cm³/mol. The maximum atomic E-state index is 11.7. The number of benzene rings is 1. The van der Waals surface area contributed by atoms with Crippen molar-refractivity contribution in [3.05, 3.63) is 35.9 Å². The lowest BCUT2D eigenvalue weighted by Crippen LogP contribution is -2.42. The lowest BCUT2D eigenvalue weighted by Gasteiger charge is -2.12. The van der Waals surface area contributed by atoms with Gasteiger partial charge in [0, 0.05) is 6.54 Å². The summed E-state index contributed by atoms with van der Waals surface area (Å²) in [4.78, 5) is 38.0. The maximum Gasteiger partial charge on any atom is 0.407 e. The first-order chi connectivity index (χ1) is 12.0. The molecular weight excluding hydrogens is 326 g/mol. The highest BCUT2D eigenvalue weighted by Gasteiger charge is 2.12. The zero-order chi connectivity index (χ0) is 18.5. The van der Waals surface area contributed by atoms with E-state index in [9.17, 15) is 14.4 Å². The van der Waals surface area contributed by atoms with Crippen LogP contribution in [0, 0.1) is 0 Å². The Labute approximate surface area is 145 Å². The van der Waals surface area contributed by atoms with E-state index in [1.165, 1.54) is 0 Å². The Bertz CT molecular complexity index is 587. The minimum Gasteiger partial charge on any atom is -0.445 e. The van der Waals surface area contributed by atoms with Crippen LogP contribution in [0.5, 0.6) is 0 Å². The molecule has 0 aliphatic rings. The van der Waals surface area contributed by atoms with Crippen molar-refractivity contribution in [3.63, 3.8) is 0 Å². The Morgan fingerprint density at radius 1 is 1.24 bits per heavy atom. The molecule has 0 saturated carbocycles. The SMILES string of the molecule is NC(N)=NCCC[C@@H](C=O)NC(=O)CNC(=O)OCc1ccccc1. The number of nitrogens with one attached hydrogen (secondary N) is 2. The fourth-order valence-electron chi connectivity index (χ4n) is 1.88. The highest BCUT2D eigenvalue weighted by atomic mass is 16.5. The van der Waals surface area contributed by atoms with Gasteiger partial charge in [-0.05, 0) is 18.4 Å². The fraction of sp³-hybridized carbons (Fsp3) is 0.375. The molecule has 0 radical (unpaired) electrons. The Morgan fingerprint density at radius 2 is 1.96 bits per heavy atom. The highest BCUT2D eigenvalue weighted by Crippen LogP contribution is 2.00. The van der Waals surface area contributed by atoms with Gasteiger partial charge in [-0.1, -0.05) is 30.3 Å². The zero-order valence-electron chi connectivity index (χ0n) is 13.8. The molecule has 9 heteroatoms. The van der Waals surface area contributed by atoms with E-state index in [1.807, 2.05) is 30.3 Å². The standard InChI is InChI=1S/C16H23N5O4/c17-15(18)19-8-4-7-13(10-22)21-14(23)9-20-16(24)25-11-12-5-2-1-3-6-12/h1-3,5-6,10,13H,4,7-9,11H2,(H,20,24)(H,21,23)(H4,17,18,19)/t13-/m0/s1. The molecule has 0 unspecified atom stereocenters. The van der Waals surface area contributed by atoms with E-state index in [-0.39, 0.29) is 19.1 Å². The summed E-state index contributed by atoms with van der Waals surface area (Å²) in [5.41, 5.74) is 11.2. The third-order valence-corrected chi connectivity index (χ3v) is 3.08. The van der Waals surface area contributed by atoms with Crippen molar-refractivity contribution in [2.45, 2.75) is 25.5 Å². The van der Waals surface area contributed by atoms with Gasteiger partial charge in [0.25, 0.3) is 0 Å². The van der Waals surface area contributed by atoms with Crippen LogP contribution in [0.3, 0.4) is 0 Å². The van der Waals surface area contributed by atoms with Crippen molar-refractivity contribution >= 4 is 24.2 Å². The van der Waals surface area contributed by atoms with Crippen molar-refractivity contribution in [2.24, 2.45) is 16.5 Å². The van der Waals surface area contributed by atoms with E-state index < -0.39 is 18.0 Å². The van der Waals surface area contributed by atoms with Gasteiger partial charge in [-0.2, -0.15) is 0 Å². The average molecular weight is 349 g/mol. The van der Waals surface area contributed by atoms with Gasteiger partial charge in [0.15, 0.2) is 5.96 Å². The number of rotatable bonds is 10. The molecule has 1 aromatic carbocycles. The molecule has 1 rings (SSSR count). The number of ether oxygens (including phenoxy) is 1. The van der Waals surface area contributed by atoms with Crippen LogP contribution in [0.1, 0.15) is 18.4 Å². The van der Waals surface area contributed by atoms with Crippen molar-refractivity contribution in [2.75, 3.05) is 13.1 Å². The number of nitrogens with zero attached hydrogens (tertiary/aromatic N) is 1. The summed E-state index contributed by atoms with van der Waals surface area (Å²) >= 11 is 0. The Morgan fingerprint density at radius 3 is 2.60 bits per heavy atom. The van der Waals surface area contributed by atoms with E-state index in [2.05, 4.69) is 15.6 Å². The van der Waals surface area contributed by atoms with Crippen LogP contribution < -0.4 is 22.1 Å². The Balaban J connectivity index is 2.22. The number of amides is 2. The maximum absolute atomic E-state index is 11.7. The van der Waals surface area contributed by atoms with Crippen LogP contribution >= 0.6 is 0 Å². The number of hydrogen-bond donors (Lipinski definition) is 4. The number of aliphatic imine (C=N–C) groups is 1. The predicted octanol–water partition coefficient (Wildman–Crippen LogP) is -0.350. The normalized spacial score (nSPS) is 11.0. The molecule has 0 saturated heterocycles. The molecule has 0 aromatic heterocycles. The van der Waals surface area contributed by atoms with Gasteiger partial charge in [-0.15, -0.1) is 0 Å². The molecule has 0 fully saturated rings. The molecule has 0 aliphatic carbocycles. The fourth-order valence-corrected chi connectivity index (χ4v) is 1.88. The zero-order valence-corrected chi connectivity index (χ0v) is 13.8. The van der Waals surface area contributed by atoms with Gasteiger partial charge in [0.05, 0.1) is 6.04 Å². The van der Waals surface area contributed by atoms with Crippen LogP contribution in [0.2, 0.25) is 0 Å². The summed E-state index contributed by atoms with van der Waals surface area (Å²) in [5, 5.41) is 4.82. The van der Waals surface area contributed by atoms with Crippen molar-refractivity contribution in [1.29, 1.82) is 0 Å². The van der Waals surface area contributed by atoms with Crippen molar-refractivity contribution in [3.8, 4) is 0 Å². The second kappa shape index (κ2) is 11.4. The number of nitrogens with two attached hydrogens (primary N) is 2. The number of hydrogen-bond acceptors (Lipinski definition) is 5. The third-order valence-electron chi connectivity index (χ3n) is 3.08. The minimum absolute atomic E-state index is 0.0232. The van der Waals surface area contributed by atoms with Gasteiger partial charge in [-0.25, -0.2) is 4.79 Å². The second-order valence-electron chi connectivity index (χ2n) is 5.17. The third kappa shape index (κ3) is 9.59. The van der Waals surface area contributed by atoms with Crippen LogP contribution in [0.15, 0.2) is 35.3 Å². The average Bonchev–Trinajstić information content (AvgIpc) is 2.61. The first-order valence-corrected chi connectivity index (χ1v) is 7.76. The van der Waals surface area contributed by atoms with Crippen LogP contribution in [-0.4, -0.2) is 43.4 Å². The van der Waals surface area contributed by atoms with Crippen molar-refractivity contribution in [1.82, 2.24) is 10.6 Å². The quantitative estimate of drug-likeness (QED) is 0.196. The van der Waals surface area contributed by atoms with Crippen molar-refractivity contribution < 1.29 is 19.1 Å². The van der Waals surface area contributed by atoms with Crippen LogP contribution in [-0.2, 0) is 20.9 Å². The molecule has 1 atom stereocenters. The summed E-state index contributed by atoms with van der Waals surface area (Å²) in [7, 11) is 0. The van der Waals surface area contributed by atoms with E-state index in [1.54, 1.807) is 0 Å². The Hall–Kier alpha value is -3.10. The smallest absolute Gasteiger partial charge is 0.407 e. The Kier molecular flexibility index (Phi) is 9.13. The number of carbonyl (C=O) groups excluding carboxylic acids is 3. The molecule has 136 valence electrons. The molecule has 0 bridgehead atoms. The summed E-state index contributed by atoms with van der Waals surface area (Å²) in [6, 6.07) is 8.49. The molecule has 25 heavy (non-hydrogen) atoms. The summed E-state index contributed by atoms with van der Waals surface area (Å²) in [6.45, 7) is 0.189. The minimum atomic E-state index is -0.714. The van der Waals surface area contributed by atoms with Crippen LogP contribution in [0.4, 0.5) is 4.79 Å². The molecule has 0 aliphatic heterocycles. The van der Waals surface area contributed by atoms with E-state index >= 15 is 0 Å². The lowest BCUT2D eigenvalue weighted by molar-refractivity contribution is -0.123. The topological polar surface area (TPSA) is 149 Å². The number of carbonyl (C=O) groups is 3. The van der Waals surface area contributed by atoms with Gasteiger partial charge >= 0.3 is 6.09 Å². The summed E-state index contributed by atoms with van der Waals surface area (Å²) in [6.07, 6.45) is 0.842. The van der Waals surface area contributed by atoms with Gasteiger partial charge in [0.2, 0.25) is 5.91 Å². The molecular formula is C16H23N5O4. The number of aldehydes is 1. The number of alkyl carbamates (subject to hydrolysis) is 1. The second-order valence-corrected chi connectivity index (χ2v) is 5.17. The van der Waals surface area contributed by atoms with Gasteiger partial charge < -0.3 is 31.6 Å². The van der Waals surface area contributed by atoms with E-state index in [4.69, 9.17) is 16.2 Å². The first kappa shape index (κ1) is 19.9. The molecule has 6 N–H and O–H groups in total. The molecule has 0 spiro atoms. The molecule has 0 heterocycles. The molecule has 2 amide bonds. The van der Waals surface area contributed by atoms with Gasteiger partial charge in [-0.3, -0.25) is 9.79 Å². The number of guanidine groups is 1. The van der Waals surface area contributed by atoms with E-state index in [0.29, 0.717) is 25.7 Å². The first-order valence-electron chi connectivity index (χ1n) is 7.76. The molecule has 9 nitrogen and oxygen atoms in total. The van der Waals surface area contributed by atoms with Gasteiger partial charge in [0.1, 0.15) is 19.4 Å². The van der Waals surface area contributed by atoms with E-state index in [0.717, 1.165) is 5.56 Å². The lowest BCUT2D eigenvalue weighted by atomic mass is 10.2. The van der Waals surface area contributed by atoms with Crippen LogP contribution in [0.25, 0.3) is 0 Å². The monoisotopic (exact) mass is 349 g/mol. The highest BCUT2D eigenvalue weighted by molar-refractivity contribution is 5.84. The summed E-state index contributed by atoms with van der Waals surface area (Å²) in [5.74, 6) is -0.513. The summed E-state index contributed by atoms with van der Waals surface area (Å²) < 4.78 is 4.97. The largest absolute Gasteiger partial charge is 0.445 e. The molecule has 1 aromatic rings.